The molecule has 0 radical (unpaired) electrons. The van der Waals surface area contributed by atoms with Gasteiger partial charge in [-0.2, -0.15) is 0 Å². The summed E-state index contributed by atoms with van der Waals surface area (Å²) in [5.41, 5.74) is 3.99. The average molecular weight is 254 g/mol. The Bertz CT molecular complexity index is 602. The van der Waals surface area contributed by atoms with Crippen molar-refractivity contribution < 1.29 is 5.11 Å². The molecule has 1 N–H and O–H groups in total. The molecule has 0 saturated heterocycles. The Balaban J connectivity index is 2.16. The highest BCUT2D eigenvalue weighted by Gasteiger charge is 2.23. The summed E-state index contributed by atoms with van der Waals surface area (Å²) in [5.74, 6) is 0.761. The Morgan fingerprint density at radius 3 is 2.32 bits per heavy atom. The first-order valence-corrected chi connectivity index (χ1v) is 7.31. The van der Waals surface area contributed by atoms with E-state index >= 15 is 0 Å². The normalized spacial score (nSPS) is 17.1. The molecule has 3 rings (SSSR count). The minimum atomic E-state index is -0.370. The second kappa shape index (κ2) is 4.64. The van der Waals surface area contributed by atoms with Crippen LogP contribution in [0.1, 0.15) is 43.6 Å². The van der Waals surface area contributed by atoms with Crippen molar-refractivity contribution in [2.45, 2.75) is 39.7 Å². The van der Waals surface area contributed by atoms with E-state index in [9.17, 15) is 5.11 Å². The number of aliphatic hydroxyl groups excluding tert-OH is 1. The van der Waals surface area contributed by atoms with Gasteiger partial charge in [-0.05, 0) is 52.1 Å². The number of aliphatic hydroxyl groups is 1. The summed E-state index contributed by atoms with van der Waals surface area (Å²) in [4.78, 5) is 0. The zero-order valence-corrected chi connectivity index (χ0v) is 12.0. The van der Waals surface area contributed by atoms with E-state index in [2.05, 4.69) is 51.1 Å². The molecule has 2 unspecified atom stereocenters. The van der Waals surface area contributed by atoms with Crippen LogP contribution < -0.4 is 0 Å². The van der Waals surface area contributed by atoms with Gasteiger partial charge in [-0.15, -0.1) is 0 Å². The lowest BCUT2D eigenvalue weighted by molar-refractivity contribution is 0.0934. The highest BCUT2D eigenvalue weighted by molar-refractivity contribution is 5.93. The van der Waals surface area contributed by atoms with Crippen LogP contribution in [0, 0.1) is 11.8 Å². The molecule has 0 saturated carbocycles. The molecule has 19 heavy (non-hydrogen) atoms. The highest BCUT2D eigenvalue weighted by Crippen LogP contribution is 2.37. The van der Waals surface area contributed by atoms with Crippen LogP contribution in [0.25, 0.3) is 10.8 Å². The van der Waals surface area contributed by atoms with Crippen molar-refractivity contribution in [3.63, 3.8) is 0 Å². The quantitative estimate of drug-likeness (QED) is 0.867. The zero-order chi connectivity index (χ0) is 13.6. The van der Waals surface area contributed by atoms with E-state index in [0.29, 0.717) is 5.92 Å². The van der Waals surface area contributed by atoms with E-state index in [4.69, 9.17) is 0 Å². The second-order valence-electron chi connectivity index (χ2n) is 6.20. The molecule has 1 aliphatic carbocycles. The summed E-state index contributed by atoms with van der Waals surface area (Å²) in [6.07, 6.45) is 1.92. The van der Waals surface area contributed by atoms with Gasteiger partial charge in [-0.3, -0.25) is 0 Å². The summed E-state index contributed by atoms with van der Waals surface area (Å²) in [7, 11) is 0. The van der Waals surface area contributed by atoms with Crippen molar-refractivity contribution in [3.8, 4) is 0 Å². The van der Waals surface area contributed by atoms with Crippen LogP contribution in [0.2, 0.25) is 0 Å². The van der Waals surface area contributed by atoms with Gasteiger partial charge in [-0.25, -0.2) is 0 Å². The molecule has 1 heteroatoms. The van der Waals surface area contributed by atoms with Crippen LogP contribution in [-0.2, 0) is 12.8 Å². The summed E-state index contributed by atoms with van der Waals surface area (Å²) in [6.45, 7) is 6.49. The summed E-state index contributed by atoms with van der Waals surface area (Å²) < 4.78 is 0. The Morgan fingerprint density at radius 2 is 1.63 bits per heavy atom. The molecule has 0 aliphatic heterocycles. The molecule has 2 aromatic rings. The second-order valence-corrected chi connectivity index (χ2v) is 6.20. The first kappa shape index (κ1) is 12.7. The van der Waals surface area contributed by atoms with Crippen molar-refractivity contribution in [2.24, 2.45) is 11.8 Å². The summed E-state index contributed by atoms with van der Waals surface area (Å²) in [6, 6.07) is 10.9. The number of hydrogen-bond donors (Lipinski definition) is 1. The molecule has 0 aromatic heterocycles. The number of benzene rings is 2. The van der Waals surface area contributed by atoms with Crippen LogP contribution in [-0.4, -0.2) is 5.11 Å². The Morgan fingerprint density at radius 1 is 0.947 bits per heavy atom. The standard InChI is InChI=1S/C18H22O/c1-11(2)12(3)18(19)16-10-9-14-8-7-13-5-4-6-15(16)17(13)14/h4-6,9-12,18-19H,7-8H2,1-3H3. The largest absolute Gasteiger partial charge is 0.388 e. The SMILES string of the molecule is CC(C)C(C)C(O)c1ccc2c3c(cccc13)CC2. The summed E-state index contributed by atoms with van der Waals surface area (Å²) in [5, 5.41) is 13.3. The van der Waals surface area contributed by atoms with Crippen molar-refractivity contribution in [1.29, 1.82) is 0 Å². The van der Waals surface area contributed by atoms with Gasteiger partial charge in [0.05, 0.1) is 6.10 Å². The maximum atomic E-state index is 10.7. The average Bonchev–Trinajstić information content (AvgIpc) is 2.83. The van der Waals surface area contributed by atoms with Gasteiger partial charge in [0, 0.05) is 0 Å². The molecule has 0 spiro atoms. The van der Waals surface area contributed by atoms with E-state index in [1.54, 1.807) is 0 Å². The van der Waals surface area contributed by atoms with E-state index in [1.807, 2.05) is 0 Å². The van der Waals surface area contributed by atoms with E-state index in [0.717, 1.165) is 18.4 Å². The minimum absolute atomic E-state index is 0.276. The van der Waals surface area contributed by atoms with Gasteiger partial charge in [-0.1, -0.05) is 51.1 Å². The van der Waals surface area contributed by atoms with Crippen molar-refractivity contribution >= 4 is 10.8 Å². The number of hydrogen-bond acceptors (Lipinski definition) is 1. The maximum Gasteiger partial charge on any atom is 0.0824 e. The minimum Gasteiger partial charge on any atom is -0.388 e. The topological polar surface area (TPSA) is 20.2 Å². The first-order chi connectivity index (χ1) is 9.09. The van der Waals surface area contributed by atoms with Gasteiger partial charge >= 0.3 is 0 Å². The maximum absolute atomic E-state index is 10.7. The lowest BCUT2D eigenvalue weighted by atomic mass is 9.85. The first-order valence-electron chi connectivity index (χ1n) is 7.31. The Hall–Kier alpha value is -1.34. The molecule has 2 atom stereocenters. The third-order valence-corrected chi connectivity index (χ3v) is 4.78. The molecular weight excluding hydrogens is 232 g/mol. The fourth-order valence-corrected chi connectivity index (χ4v) is 3.18. The third-order valence-electron chi connectivity index (χ3n) is 4.78. The van der Waals surface area contributed by atoms with Crippen LogP contribution >= 0.6 is 0 Å². The molecular formula is C18H22O. The highest BCUT2D eigenvalue weighted by atomic mass is 16.3. The Kier molecular flexibility index (Phi) is 3.10. The number of rotatable bonds is 3. The lowest BCUT2D eigenvalue weighted by Crippen LogP contribution is -2.15. The summed E-state index contributed by atoms with van der Waals surface area (Å²) >= 11 is 0. The van der Waals surface area contributed by atoms with Gasteiger partial charge < -0.3 is 5.11 Å². The van der Waals surface area contributed by atoms with Crippen LogP contribution in [0.3, 0.4) is 0 Å². The number of aryl methyl sites for hydroxylation is 2. The fraction of sp³-hybridized carbons (Fsp3) is 0.444. The van der Waals surface area contributed by atoms with Crippen molar-refractivity contribution in [2.75, 3.05) is 0 Å². The van der Waals surface area contributed by atoms with Crippen molar-refractivity contribution in [1.82, 2.24) is 0 Å². The Labute approximate surface area is 115 Å². The molecule has 0 bridgehead atoms. The molecule has 100 valence electrons. The van der Waals surface area contributed by atoms with Crippen LogP contribution in [0.4, 0.5) is 0 Å². The van der Waals surface area contributed by atoms with Gasteiger partial charge in [0.25, 0.3) is 0 Å². The van der Waals surface area contributed by atoms with Crippen LogP contribution in [0.5, 0.6) is 0 Å². The third kappa shape index (κ3) is 1.97. The van der Waals surface area contributed by atoms with E-state index < -0.39 is 0 Å². The van der Waals surface area contributed by atoms with E-state index in [1.165, 1.54) is 21.9 Å². The molecule has 0 amide bonds. The molecule has 0 heterocycles. The molecule has 1 aliphatic rings. The fourth-order valence-electron chi connectivity index (χ4n) is 3.18. The molecule has 1 nitrogen and oxygen atoms in total. The van der Waals surface area contributed by atoms with Gasteiger partial charge in [0.2, 0.25) is 0 Å². The molecule has 2 aromatic carbocycles. The predicted octanol–water partition coefficient (Wildman–Crippen LogP) is 4.26. The lowest BCUT2D eigenvalue weighted by Gasteiger charge is -2.24. The van der Waals surface area contributed by atoms with Crippen LogP contribution in [0.15, 0.2) is 30.3 Å². The van der Waals surface area contributed by atoms with Crippen molar-refractivity contribution in [3.05, 3.63) is 47.0 Å². The monoisotopic (exact) mass is 254 g/mol. The van der Waals surface area contributed by atoms with E-state index in [-0.39, 0.29) is 12.0 Å². The molecule has 0 fully saturated rings. The zero-order valence-electron chi connectivity index (χ0n) is 12.0. The predicted molar refractivity (Wildman–Crippen MR) is 80.3 cm³/mol. The van der Waals surface area contributed by atoms with Gasteiger partial charge in [0.15, 0.2) is 0 Å². The smallest absolute Gasteiger partial charge is 0.0824 e. The van der Waals surface area contributed by atoms with Gasteiger partial charge in [0.1, 0.15) is 0 Å².